The number of carbonyl (C=O) groups excluding carboxylic acids is 2. The molecule has 1 rings (SSSR count). The van der Waals surface area contributed by atoms with Gasteiger partial charge in [0.2, 0.25) is 0 Å². The second kappa shape index (κ2) is 6.06. The van der Waals surface area contributed by atoms with E-state index in [9.17, 15) is 18.4 Å². The first-order chi connectivity index (χ1) is 8.47. The van der Waals surface area contributed by atoms with Crippen LogP contribution in [-0.2, 0) is 14.3 Å². The third-order valence-corrected chi connectivity index (χ3v) is 2.03. The Morgan fingerprint density at radius 3 is 2.72 bits per heavy atom. The fourth-order valence-electron chi connectivity index (χ4n) is 1.15. The molecule has 0 saturated heterocycles. The fourth-order valence-corrected chi connectivity index (χ4v) is 1.15. The van der Waals surface area contributed by atoms with Gasteiger partial charge in [-0.05, 0) is 19.1 Å². The van der Waals surface area contributed by atoms with E-state index >= 15 is 0 Å². The van der Waals surface area contributed by atoms with Crippen LogP contribution in [0.5, 0.6) is 0 Å². The first kappa shape index (κ1) is 14.0. The lowest BCUT2D eigenvalue weighted by atomic mass is 10.2. The minimum absolute atomic E-state index is 0.0636. The SMILES string of the molecule is CCOC(=O)C(N)C(=O)Nc1cccc(F)c1F. The summed E-state index contributed by atoms with van der Waals surface area (Å²) in [6, 6.07) is 1.67. The van der Waals surface area contributed by atoms with Crippen molar-refractivity contribution in [2.45, 2.75) is 13.0 Å². The predicted molar refractivity (Wildman–Crippen MR) is 59.6 cm³/mol. The highest BCUT2D eigenvalue weighted by atomic mass is 19.2. The Hall–Kier alpha value is -2.02. The molecular weight excluding hydrogens is 246 g/mol. The Labute approximate surface area is 102 Å². The van der Waals surface area contributed by atoms with E-state index in [4.69, 9.17) is 5.73 Å². The van der Waals surface area contributed by atoms with Gasteiger partial charge in [0.05, 0.1) is 12.3 Å². The number of anilines is 1. The minimum atomic E-state index is -1.59. The van der Waals surface area contributed by atoms with Crippen LogP contribution < -0.4 is 11.1 Å². The van der Waals surface area contributed by atoms with Crippen molar-refractivity contribution >= 4 is 17.6 Å². The van der Waals surface area contributed by atoms with Gasteiger partial charge in [0.1, 0.15) is 0 Å². The molecule has 0 heterocycles. The molecular formula is C11H12F2N2O3. The van der Waals surface area contributed by atoms with E-state index in [-0.39, 0.29) is 12.3 Å². The number of esters is 1. The van der Waals surface area contributed by atoms with Gasteiger partial charge in [0.25, 0.3) is 5.91 Å². The van der Waals surface area contributed by atoms with E-state index in [1.165, 1.54) is 6.07 Å². The molecule has 0 radical (unpaired) electrons. The monoisotopic (exact) mass is 258 g/mol. The molecule has 0 aromatic heterocycles. The van der Waals surface area contributed by atoms with Gasteiger partial charge in [-0.15, -0.1) is 0 Å². The highest BCUT2D eigenvalue weighted by Gasteiger charge is 2.24. The maximum atomic E-state index is 13.2. The van der Waals surface area contributed by atoms with Crippen LogP contribution in [0.15, 0.2) is 18.2 Å². The maximum Gasteiger partial charge on any atom is 0.332 e. The zero-order valence-electron chi connectivity index (χ0n) is 9.57. The number of hydrogen-bond acceptors (Lipinski definition) is 4. The second-order valence-electron chi connectivity index (χ2n) is 3.32. The number of ether oxygens (including phenoxy) is 1. The fraction of sp³-hybridized carbons (Fsp3) is 0.273. The number of amides is 1. The molecule has 0 aliphatic rings. The van der Waals surface area contributed by atoms with Crippen molar-refractivity contribution in [2.75, 3.05) is 11.9 Å². The molecule has 0 aliphatic heterocycles. The molecule has 1 aromatic carbocycles. The van der Waals surface area contributed by atoms with Gasteiger partial charge in [0.15, 0.2) is 17.7 Å². The van der Waals surface area contributed by atoms with Crippen molar-refractivity contribution in [2.24, 2.45) is 5.73 Å². The van der Waals surface area contributed by atoms with E-state index in [1.807, 2.05) is 5.32 Å². The van der Waals surface area contributed by atoms with E-state index in [0.717, 1.165) is 12.1 Å². The number of halogens is 2. The molecule has 0 aliphatic carbocycles. The Kier molecular flexibility index (Phi) is 4.73. The first-order valence-electron chi connectivity index (χ1n) is 5.14. The number of benzene rings is 1. The summed E-state index contributed by atoms with van der Waals surface area (Å²) >= 11 is 0. The van der Waals surface area contributed by atoms with Crippen LogP contribution in [0.2, 0.25) is 0 Å². The van der Waals surface area contributed by atoms with Gasteiger partial charge in [0, 0.05) is 0 Å². The Morgan fingerprint density at radius 2 is 2.11 bits per heavy atom. The van der Waals surface area contributed by atoms with Gasteiger partial charge in [-0.3, -0.25) is 4.79 Å². The lowest BCUT2D eigenvalue weighted by Gasteiger charge is -2.11. The van der Waals surface area contributed by atoms with Crippen LogP contribution in [0.4, 0.5) is 14.5 Å². The molecule has 0 bridgehead atoms. The molecule has 98 valence electrons. The maximum absolute atomic E-state index is 13.2. The smallest absolute Gasteiger partial charge is 0.332 e. The lowest BCUT2D eigenvalue weighted by molar-refractivity contribution is -0.146. The van der Waals surface area contributed by atoms with Crippen molar-refractivity contribution in [3.05, 3.63) is 29.8 Å². The standard InChI is InChI=1S/C11H12F2N2O3/c1-2-18-11(17)9(14)10(16)15-7-5-3-4-6(12)8(7)13/h3-5,9H,2,14H2,1H3,(H,15,16). The summed E-state index contributed by atoms with van der Waals surface area (Å²) in [6.45, 7) is 1.61. The number of rotatable bonds is 4. The summed E-state index contributed by atoms with van der Waals surface area (Å²) in [5.74, 6) is -4.25. The summed E-state index contributed by atoms with van der Waals surface area (Å²) in [5, 5.41) is 2.01. The molecule has 18 heavy (non-hydrogen) atoms. The molecule has 5 nitrogen and oxygen atoms in total. The Morgan fingerprint density at radius 1 is 1.44 bits per heavy atom. The largest absolute Gasteiger partial charge is 0.464 e. The Bertz CT molecular complexity index is 466. The summed E-state index contributed by atoms with van der Waals surface area (Å²) in [7, 11) is 0. The highest BCUT2D eigenvalue weighted by molar-refractivity contribution is 6.08. The van der Waals surface area contributed by atoms with Crippen molar-refractivity contribution in [3.63, 3.8) is 0 Å². The van der Waals surface area contributed by atoms with Crippen molar-refractivity contribution < 1.29 is 23.1 Å². The van der Waals surface area contributed by atoms with Gasteiger partial charge in [-0.2, -0.15) is 0 Å². The number of hydrogen-bond donors (Lipinski definition) is 2. The van der Waals surface area contributed by atoms with E-state index in [2.05, 4.69) is 4.74 Å². The van der Waals surface area contributed by atoms with Crippen LogP contribution in [0.25, 0.3) is 0 Å². The zero-order valence-corrected chi connectivity index (χ0v) is 9.57. The van der Waals surface area contributed by atoms with E-state index in [0.29, 0.717) is 0 Å². The summed E-state index contributed by atoms with van der Waals surface area (Å²) in [6.07, 6.45) is 0. The average Bonchev–Trinajstić information content (AvgIpc) is 2.34. The molecule has 1 atom stereocenters. The number of nitrogens with one attached hydrogen (secondary N) is 1. The topological polar surface area (TPSA) is 81.4 Å². The molecule has 0 spiro atoms. The van der Waals surface area contributed by atoms with Crippen LogP contribution in [0.1, 0.15) is 6.92 Å². The summed E-state index contributed by atoms with van der Waals surface area (Å²) in [4.78, 5) is 22.6. The molecule has 7 heteroatoms. The van der Waals surface area contributed by atoms with Crippen LogP contribution in [0.3, 0.4) is 0 Å². The van der Waals surface area contributed by atoms with Crippen LogP contribution in [-0.4, -0.2) is 24.5 Å². The van der Waals surface area contributed by atoms with Gasteiger partial charge < -0.3 is 15.8 Å². The molecule has 3 N–H and O–H groups in total. The summed E-state index contributed by atoms with van der Waals surface area (Å²) < 4.78 is 30.6. The minimum Gasteiger partial charge on any atom is -0.464 e. The van der Waals surface area contributed by atoms with Crippen LogP contribution >= 0.6 is 0 Å². The molecule has 1 unspecified atom stereocenters. The van der Waals surface area contributed by atoms with Crippen molar-refractivity contribution in [1.82, 2.24) is 0 Å². The van der Waals surface area contributed by atoms with Gasteiger partial charge in [-0.1, -0.05) is 6.07 Å². The molecule has 1 aromatic rings. The average molecular weight is 258 g/mol. The third kappa shape index (κ3) is 3.24. The third-order valence-electron chi connectivity index (χ3n) is 2.03. The van der Waals surface area contributed by atoms with E-state index in [1.54, 1.807) is 6.92 Å². The van der Waals surface area contributed by atoms with Gasteiger partial charge >= 0.3 is 5.97 Å². The quantitative estimate of drug-likeness (QED) is 0.618. The van der Waals surface area contributed by atoms with Gasteiger partial charge in [-0.25, -0.2) is 13.6 Å². The normalized spacial score (nSPS) is 11.8. The highest BCUT2D eigenvalue weighted by Crippen LogP contribution is 2.16. The summed E-state index contributed by atoms with van der Waals surface area (Å²) in [5.41, 5.74) is 4.89. The first-order valence-corrected chi connectivity index (χ1v) is 5.14. The van der Waals surface area contributed by atoms with Crippen molar-refractivity contribution in [1.29, 1.82) is 0 Å². The zero-order chi connectivity index (χ0) is 13.7. The molecule has 1 amide bonds. The number of carbonyl (C=O) groups is 2. The van der Waals surface area contributed by atoms with Crippen molar-refractivity contribution in [3.8, 4) is 0 Å². The van der Waals surface area contributed by atoms with E-state index < -0.39 is 29.6 Å². The molecule has 0 fully saturated rings. The molecule has 0 saturated carbocycles. The van der Waals surface area contributed by atoms with Crippen LogP contribution in [0, 0.1) is 11.6 Å². The number of nitrogens with two attached hydrogens (primary N) is 1. The second-order valence-corrected chi connectivity index (χ2v) is 3.32. The lowest BCUT2D eigenvalue weighted by Crippen LogP contribution is -2.43. The predicted octanol–water partition coefficient (Wildman–Crippen LogP) is 0.794. The Balaban J connectivity index is 2.75.